The molecular formula is C16H24N2. The quantitative estimate of drug-likeness (QED) is 0.721. The molecule has 0 bridgehead atoms. The number of nitriles is 2. The lowest BCUT2D eigenvalue weighted by atomic mass is 9.55. The van der Waals surface area contributed by atoms with Gasteiger partial charge in [-0.3, -0.25) is 0 Å². The molecule has 2 saturated carbocycles. The van der Waals surface area contributed by atoms with Gasteiger partial charge in [0, 0.05) is 5.41 Å². The van der Waals surface area contributed by atoms with Crippen LogP contribution in [0.2, 0.25) is 0 Å². The Morgan fingerprint density at radius 2 is 1.67 bits per heavy atom. The molecule has 0 saturated heterocycles. The molecule has 2 aliphatic carbocycles. The van der Waals surface area contributed by atoms with Crippen LogP contribution in [-0.4, -0.2) is 0 Å². The first-order chi connectivity index (χ1) is 8.73. The summed E-state index contributed by atoms with van der Waals surface area (Å²) in [6.45, 7) is 2.33. The summed E-state index contributed by atoms with van der Waals surface area (Å²) >= 11 is 0. The standard InChI is InChI=1S/C16H24N2/c1-13-6-5-7-14(10-13)16(15(11-17)12-18)8-3-2-4-9-16/h13-15H,2-10H2,1H3/t13-,14+/m1/s1. The summed E-state index contributed by atoms with van der Waals surface area (Å²) in [6, 6.07) is 4.63. The highest BCUT2D eigenvalue weighted by atomic mass is 14.5. The van der Waals surface area contributed by atoms with Gasteiger partial charge in [-0.2, -0.15) is 10.5 Å². The molecule has 0 radical (unpaired) electrons. The fraction of sp³-hybridized carbons (Fsp3) is 0.875. The van der Waals surface area contributed by atoms with Crippen molar-refractivity contribution in [2.75, 3.05) is 0 Å². The smallest absolute Gasteiger partial charge is 0.139 e. The van der Waals surface area contributed by atoms with E-state index in [-0.39, 0.29) is 11.3 Å². The van der Waals surface area contributed by atoms with E-state index < -0.39 is 0 Å². The average molecular weight is 244 g/mol. The van der Waals surface area contributed by atoms with Crippen molar-refractivity contribution in [2.45, 2.75) is 64.7 Å². The minimum atomic E-state index is -0.381. The lowest BCUT2D eigenvalue weighted by Crippen LogP contribution is -2.41. The monoisotopic (exact) mass is 244 g/mol. The van der Waals surface area contributed by atoms with E-state index in [0.29, 0.717) is 5.92 Å². The molecule has 0 N–H and O–H groups in total. The van der Waals surface area contributed by atoms with Crippen LogP contribution in [-0.2, 0) is 0 Å². The van der Waals surface area contributed by atoms with Crippen LogP contribution in [0.25, 0.3) is 0 Å². The third kappa shape index (κ3) is 2.39. The Morgan fingerprint density at radius 1 is 1.00 bits per heavy atom. The second kappa shape index (κ2) is 5.75. The molecule has 2 atom stereocenters. The molecule has 0 spiro atoms. The molecule has 0 aromatic heterocycles. The molecule has 0 unspecified atom stereocenters. The van der Waals surface area contributed by atoms with Gasteiger partial charge in [0.25, 0.3) is 0 Å². The number of hydrogen-bond donors (Lipinski definition) is 0. The van der Waals surface area contributed by atoms with Crippen molar-refractivity contribution in [3.8, 4) is 12.1 Å². The first-order valence-corrected chi connectivity index (χ1v) is 7.52. The Kier molecular flexibility index (Phi) is 4.28. The second-order valence-corrected chi connectivity index (χ2v) is 6.45. The van der Waals surface area contributed by atoms with Crippen LogP contribution in [0, 0.1) is 45.8 Å². The van der Waals surface area contributed by atoms with Crippen molar-refractivity contribution in [1.29, 1.82) is 10.5 Å². The summed E-state index contributed by atoms with van der Waals surface area (Å²) < 4.78 is 0. The lowest BCUT2D eigenvalue weighted by molar-refractivity contribution is 0.0330. The van der Waals surface area contributed by atoms with Crippen molar-refractivity contribution in [2.24, 2.45) is 23.2 Å². The van der Waals surface area contributed by atoms with Crippen LogP contribution in [0.1, 0.15) is 64.7 Å². The van der Waals surface area contributed by atoms with E-state index in [1.165, 1.54) is 44.9 Å². The van der Waals surface area contributed by atoms with Gasteiger partial charge in [0.15, 0.2) is 0 Å². The molecule has 2 heteroatoms. The van der Waals surface area contributed by atoms with Gasteiger partial charge < -0.3 is 0 Å². The van der Waals surface area contributed by atoms with Crippen molar-refractivity contribution in [3.63, 3.8) is 0 Å². The van der Waals surface area contributed by atoms with Crippen LogP contribution in [0.15, 0.2) is 0 Å². The van der Waals surface area contributed by atoms with E-state index in [1.807, 2.05) is 0 Å². The molecule has 18 heavy (non-hydrogen) atoms. The van der Waals surface area contributed by atoms with Crippen molar-refractivity contribution in [3.05, 3.63) is 0 Å². The molecule has 0 aromatic rings. The van der Waals surface area contributed by atoms with Crippen molar-refractivity contribution < 1.29 is 0 Å². The van der Waals surface area contributed by atoms with Gasteiger partial charge in [-0.25, -0.2) is 0 Å². The zero-order chi connectivity index (χ0) is 13.0. The maximum atomic E-state index is 9.37. The fourth-order valence-corrected chi connectivity index (χ4v) is 4.38. The van der Waals surface area contributed by atoms with Crippen molar-refractivity contribution >= 4 is 0 Å². The highest BCUT2D eigenvalue weighted by Gasteiger charge is 2.47. The molecule has 2 rings (SSSR count). The highest BCUT2D eigenvalue weighted by molar-refractivity contribution is 5.12. The summed E-state index contributed by atoms with van der Waals surface area (Å²) in [5.74, 6) is 1.01. The largest absolute Gasteiger partial charge is 0.197 e. The normalized spacial score (nSPS) is 31.6. The molecule has 0 amide bonds. The van der Waals surface area contributed by atoms with Gasteiger partial charge in [0.2, 0.25) is 0 Å². The lowest BCUT2D eigenvalue weighted by Gasteiger charge is -2.47. The van der Waals surface area contributed by atoms with Gasteiger partial charge in [0.05, 0.1) is 12.1 Å². The third-order valence-electron chi connectivity index (χ3n) is 5.37. The second-order valence-electron chi connectivity index (χ2n) is 6.45. The number of nitrogens with zero attached hydrogens (tertiary/aromatic N) is 2. The minimum absolute atomic E-state index is 0.0242. The topological polar surface area (TPSA) is 47.6 Å². The van der Waals surface area contributed by atoms with Crippen LogP contribution < -0.4 is 0 Å². The van der Waals surface area contributed by atoms with E-state index in [1.54, 1.807) is 0 Å². The first-order valence-electron chi connectivity index (χ1n) is 7.52. The van der Waals surface area contributed by atoms with E-state index in [9.17, 15) is 10.5 Å². The summed E-state index contributed by atoms with van der Waals surface area (Å²) in [5, 5.41) is 18.7. The fourth-order valence-electron chi connectivity index (χ4n) is 4.38. The molecular weight excluding hydrogens is 220 g/mol. The summed E-state index contributed by atoms with van der Waals surface area (Å²) in [4.78, 5) is 0. The third-order valence-corrected chi connectivity index (χ3v) is 5.37. The maximum absolute atomic E-state index is 9.37. The predicted molar refractivity (Wildman–Crippen MR) is 71.4 cm³/mol. The molecule has 2 aliphatic rings. The summed E-state index contributed by atoms with van der Waals surface area (Å²) in [6.07, 6.45) is 11.0. The van der Waals surface area contributed by atoms with E-state index in [0.717, 1.165) is 18.8 Å². The Balaban J connectivity index is 2.24. The molecule has 0 heterocycles. The highest BCUT2D eigenvalue weighted by Crippen LogP contribution is 2.53. The van der Waals surface area contributed by atoms with Crippen LogP contribution in [0.3, 0.4) is 0 Å². The van der Waals surface area contributed by atoms with Gasteiger partial charge in [0.1, 0.15) is 5.92 Å². The van der Waals surface area contributed by atoms with Crippen LogP contribution in [0.4, 0.5) is 0 Å². The number of rotatable bonds is 2. The average Bonchev–Trinajstić information content (AvgIpc) is 2.41. The first kappa shape index (κ1) is 13.4. The summed E-state index contributed by atoms with van der Waals surface area (Å²) in [7, 11) is 0. The zero-order valence-electron chi connectivity index (χ0n) is 11.5. The molecule has 2 nitrogen and oxygen atoms in total. The van der Waals surface area contributed by atoms with Crippen molar-refractivity contribution in [1.82, 2.24) is 0 Å². The van der Waals surface area contributed by atoms with E-state index in [2.05, 4.69) is 19.1 Å². The van der Waals surface area contributed by atoms with Crippen LogP contribution in [0.5, 0.6) is 0 Å². The SMILES string of the molecule is C[C@@H]1CCC[C@H](C2(C(C#N)C#N)CCCCC2)C1. The Labute approximate surface area is 111 Å². The molecule has 98 valence electrons. The molecule has 0 aliphatic heterocycles. The number of hydrogen-bond acceptors (Lipinski definition) is 2. The summed E-state index contributed by atoms with van der Waals surface area (Å²) in [5.41, 5.74) is 0.0242. The minimum Gasteiger partial charge on any atom is -0.197 e. The zero-order valence-corrected chi connectivity index (χ0v) is 11.5. The van der Waals surface area contributed by atoms with Gasteiger partial charge >= 0.3 is 0 Å². The van der Waals surface area contributed by atoms with Gasteiger partial charge in [-0.1, -0.05) is 39.0 Å². The Hall–Kier alpha value is -1.02. The predicted octanol–water partition coefficient (Wildman–Crippen LogP) is 4.43. The Bertz CT molecular complexity index is 340. The van der Waals surface area contributed by atoms with E-state index >= 15 is 0 Å². The maximum Gasteiger partial charge on any atom is 0.139 e. The molecule has 2 fully saturated rings. The van der Waals surface area contributed by atoms with Crippen LogP contribution >= 0.6 is 0 Å². The van der Waals surface area contributed by atoms with E-state index in [4.69, 9.17) is 0 Å². The van der Waals surface area contributed by atoms with Gasteiger partial charge in [-0.15, -0.1) is 0 Å². The van der Waals surface area contributed by atoms with Gasteiger partial charge in [-0.05, 0) is 37.5 Å². The Morgan fingerprint density at radius 3 is 2.22 bits per heavy atom. The molecule has 0 aromatic carbocycles.